The molecule has 0 aliphatic rings. The molecule has 0 bridgehead atoms. The van der Waals surface area contributed by atoms with Gasteiger partial charge in [0.15, 0.2) is 4.34 Å². The summed E-state index contributed by atoms with van der Waals surface area (Å²) in [5, 5.41) is 11.2. The Kier molecular flexibility index (Phi) is 9.18. The third-order valence-corrected chi connectivity index (χ3v) is 7.04. The van der Waals surface area contributed by atoms with Crippen molar-refractivity contribution in [1.82, 2.24) is 10.2 Å². The van der Waals surface area contributed by atoms with Crippen molar-refractivity contribution < 1.29 is 17.9 Å². The number of hydrogen-bond acceptors (Lipinski definition) is 8. The number of sulfonamides is 1. The maximum absolute atomic E-state index is 12.3. The van der Waals surface area contributed by atoms with Crippen LogP contribution in [0, 0.1) is 0 Å². The van der Waals surface area contributed by atoms with Crippen molar-refractivity contribution in [3.8, 4) is 5.75 Å². The summed E-state index contributed by atoms with van der Waals surface area (Å²) < 4.78 is 32.2. The van der Waals surface area contributed by atoms with Crippen LogP contribution in [-0.2, 0) is 14.8 Å². The number of carbonyl (C=O) groups is 1. The third-order valence-electron chi connectivity index (χ3n) is 3.68. The molecule has 0 saturated carbocycles. The maximum atomic E-state index is 12.3. The van der Waals surface area contributed by atoms with E-state index >= 15 is 0 Å². The molecule has 11 heteroatoms. The Hall–Kier alpha value is -1.85. The van der Waals surface area contributed by atoms with Gasteiger partial charge in [0.25, 0.3) is 0 Å². The number of hydrogen-bond donors (Lipinski definition) is 1. The minimum absolute atomic E-state index is 0.167. The van der Waals surface area contributed by atoms with Crippen LogP contribution in [0.5, 0.6) is 5.75 Å². The zero-order valence-electron chi connectivity index (χ0n) is 16.8. The zero-order valence-corrected chi connectivity index (χ0v) is 19.2. The van der Waals surface area contributed by atoms with Gasteiger partial charge in [0.05, 0.1) is 18.6 Å². The van der Waals surface area contributed by atoms with E-state index < -0.39 is 10.0 Å². The van der Waals surface area contributed by atoms with E-state index in [0.29, 0.717) is 29.6 Å². The van der Waals surface area contributed by atoms with Gasteiger partial charge in [0.2, 0.25) is 21.1 Å². The molecule has 0 aliphatic heterocycles. The zero-order chi connectivity index (χ0) is 21.3. The van der Waals surface area contributed by atoms with Crippen molar-refractivity contribution in [2.75, 3.05) is 34.8 Å². The summed E-state index contributed by atoms with van der Waals surface area (Å²) in [5.41, 5.74) is 0.471. The van der Waals surface area contributed by atoms with Crippen LogP contribution >= 0.6 is 23.1 Å². The molecule has 1 aromatic heterocycles. The van der Waals surface area contributed by atoms with Crippen LogP contribution in [0.15, 0.2) is 28.6 Å². The highest BCUT2D eigenvalue weighted by molar-refractivity contribution is 8.01. The van der Waals surface area contributed by atoms with Crippen molar-refractivity contribution in [2.24, 2.45) is 0 Å². The van der Waals surface area contributed by atoms with Gasteiger partial charge in [0, 0.05) is 18.7 Å². The molecule has 0 fully saturated rings. The molecule has 1 heterocycles. The van der Waals surface area contributed by atoms with E-state index in [1.807, 2.05) is 6.92 Å². The fraction of sp³-hybridized carbons (Fsp3) is 0.500. The first-order valence-electron chi connectivity index (χ1n) is 9.30. The number of nitrogens with one attached hydrogen (secondary N) is 1. The average molecular weight is 459 g/mol. The molecule has 1 N–H and O–H groups in total. The number of para-hydroxylation sites is 2. The van der Waals surface area contributed by atoms with E-state index in [1.165, 1.54) is 15.6 Å². The van der Waals surface area contributed by atoms with Crippen LogP contribution in [0.25, 0.3) is 0 Å². The van der Waals surface area contributed by atoms with E-state index in [2.05, 4.69) is 22.4 Å². The third kappa shape index (κ3) is 7.48. The molecule has 0 aliphatic carbocycles. The SMILES string of the molecule is CCCSc1nnc(NC(=O)CCCN(c2ccccc2OCC)S(C)(=O)=O)s1. The molecule has 1 amide bonds. The second kappa shape index (κ2) is 11.4. The lowest BCUT2D eigenvalue weighted by Crippen LogP contribution is -2.31. The van der Waals surface area contributed by atoms with Crippen molar-refractivity contribution in [2.45, 2.75) is 37.4 Å². The van der Waals surface area contributed by atoms with Crippen molar-refractivity contribution >= 4 is 49.8 Å². The fourth-order valence-electron chi connectivity index (χ4n) is 2.48. The molecule has 1 aromatic carbocycles. The predicted octanol–water partition coefficient (Wildman–Crippen LogP) is 3.62. The van der Waals surface area contributed by atoms with Crippen LogP contribution in [0.1, 0.15) is 33.1 Å². The van der Waals surface area contributed by atoms with E-state index in [1.54, 1.807) is 36.0 Å². The van der Waals surface area contributed by atoms with E-state index in [4.69, 9.17) is 4.74 Å². The Balaban J connectivity index is 1.95. The maximum Gasteiger partial charge on any atom is 0.232 e. The van der Waals surface area contributed by atoms with E-state index in [9.17, 15) is 13.2 Å². The topological polar surface area (TPSA) is 101 Å². The number of benzene rings is 1. The molecule has 0 saturated heterocycles. The Morgan fingerprint density at radius 1 is 1.28 bits per heavy atom. The minimum atomic E-state index is -3.52. The van der Waals surface area contributed by atoms with Gasteiger partial charge in [-0.25, -0.2) is 8.42 Å². The number of carbonyl (C=O) groups excluding carboxylic acids is 1. The molecule has 0 spiro atoms. The highest BCUT2D eigenvalue weighted by Crippen LogP contribution is 2.30. The lowest BCUT2D eigenvalue weighted by atomic mass is 10.2. The average Bonchev–Trinajstić information content (AvgIpc) is 3.11. The lowest BCUT2D eigenvalue weighted by molar-refractivity contribution is -0.116. The Morgan fingerprint density at radius 2 is 2.03 bits per heavy atom. The number of amides is 1. The first-order chi connectivity index (χ1) is 13.8. The van der Waals surface area contributed by atoms with Crippen LogP contribution in [0.4, 0.5) is 10.8 Å². The molecule has 29 heavy (non-hydrogen) atoms. The molecule has 160 valence electrons. The highest BCUT2D eigenvalue weighted by atomic mass is 32.2. The predicted molar refractivity (Wildman–Crippen MR) is 119 cm³/mol. The van der Waals surface area contributed by atoms with Gasteiger partial charge < -0.3 is 10.1 Å². The monoisotopic (exact) mass is 458 g/mol. The number of nitrogens with zero attached hydrogens (tertiary/aromatic N) is 3. The smallest absolute Gasteiger partial charge is 0.232 e. The summed E-state index contributed by atoms with van der Waals surface area (Å²) in [4.78, 5) is 12.2. The molecular formula is C18H26N4O4S3. The van der Waals surface area contributed by atoms with Crippen LogP contribution in [0.3, 0.4) is 0 Å². The van der Waals surface area contributed by atoms with Crippen LogP contribution in [-0.4, -0.2) is 49.7 Å². The number of aromatic nitrogens is 2. The standard InChI is InChI=1S/C18H26N4O4S3/c1-4-13-27-18-21-20-17(28-18)19-16(23)11-8-12-22(29(3,24)25)14-9-6-7-10-15(14)26-5-2/h6-7,9-10H,4-5,8,11-13H2,1-3H3,(H,19,20,23). The normalized spacial score (nSPS) is 11.3. The van der Waals surface area contributed by atoms with Crippen LogP contribution < -0.4 is 14.4 Å². The van der Waals surface area contributed by atoms with Crippen molar-refractivity contribution in [1.29, 1.82) is 0 Å². The van der Waals surface area contributed by atoms with Gasteiger partial charge in [-0.15, -0.1) is 10.2 Å². The lowest BCUT2D eigenvalue weighted by Gasteiger charge is -2.24. The van der Waals surface area contributed by atoms with Crippen LogP contribution in [0.2, 0.25) is 0 Å². The molecule has 8 nitrogen and oxygen atoms in total. The minimum Gasteiger partial charge on any atom is -0.492 e. The Bertz CT molecular complexity index is 902. The molecule has 0 unspecified atom stereocenters. The highest BCUT2D eigenvalue weighted by Gasteiger charge is 2.21. The van der Waals surface area contributed by atoms with Crippen molar-refractivity contribution in [3.05, 3.63) is 24.3 Å². The van der Waals surface area contributed by atoms with Crippen molar-refractivity contribution in [3.63, 3.8) is 0 Å². The van der Waals surface area contributed by atoms with Gasteiger partial charge in [0.1, 0.15) is 5.75 Å². The number of anilines is 2. The molecule has 0 radical (unpaired) electrons. The van der Waals surface area contributed by atoms with Gasteiger partial charge in [-0.05, 0) is 31.9 Å². The molecular weight excluding hydrogens is 432 g/mol. The second-order valence-electron chi connectivity index (χ2n) is 6.11. The summed E-state index contributed by atoms with van der Waals surface area (Å²) >= 11 is 2.94. The number of thioether (sulfide) groups is 1. The first-order valence-corrected chi connectivity index (χ1v) is 13.0. The number of rotatable bonds is 12. The van der Waals surface area contributed by atoms with E-state index in [-0.39, 0.29) is 18.9 Å². The summed E-state index contributed by atoms with van der Waals surface area (Å²) in [7, 11) is -3.52. The van der Waals surface area contributed by atoms with E-state index in [0.717, 1.165) is 22.8 Å². The summed E-state index contributed by atoms with van der Waals surface area (Å²) in [6.45, 7) is 4.52. The summed E-state index contributed by atoms with van der Waals surface area (Å²) in [6.07, 6.45) is 2.71. The summed E-state index contributed by atoms with van der Waals surface area (Å²) in [6, 6.07) is 6.97. The fourth-order valence-corrected chi connectivity index (χ4v) is 5.14. The van der Waals surface area contributed by atoms with Gasteiger partial charge in [-0.1, -0.05) is 42.2 Å². The Morgan fingerprint density at radius 3 is 2.72 bits per heavy atom. The molecule has 2 aromatic rings. The Labute approximate surface area is 180 Å². The largest absolute Gasteiger partial charge is 0.492 e. The van der Waals surface area contributed by atoms with Gasteiger partial charge in [-0.2, -0.15) is 0 Å². The summed E-state index contributed by atoms with van der Waals surface area (Å²) in [5.74, 6) is 1.23. The van der Waals surface area contributed by atoms with Gasteiger partial charge in [-0.3, -0.25) is 9.10 Å². The molecule has 2 rings (SSSR count). The van der Waals surface area contributed by atoms with Gasteiger partial charge >= 0.3 is 0 Å². The number of ether oxygens (including phenoxy) is 1. The first kappa shape index (κ1) is 23.4. The quantitative estimate of drug-likeness (QED) is 0.383. The molecule has 0 atom stereocenters. The second-order valence-corrected chi connectivity index (χ2v) is 10.3.